The van der Waals surface area contributed by atoms with Crippen LogP contribution in [0.2, 0.25) is 0 Å². The second-order valence-electron chi connectivity index (χ2n) is 9.71. The molecule has 1 aromatic carbocycles. The van der Waals surface area contributed by atoms with Crippen LogP contribution < -0.4 is 5.32 Å². The van der Waals surface area contributed by atoms with Gasteiger partial charge in [0.25, 0.3) is 0 Å². The van der Waals surface area contributed by atoms with Gasteiger partial charge in [0.05, 0.1) is 5.92 Å². The summed E-state index contributed by atoms with van der Waals surface area (Å²) in [6.07, 6.45) is 10.1. The van der Waals surface area contributed by atoms with Crippen LogP contribution in [0.1, 0.15) is 43.4 Å². The van der Waals surface area contributed by atoms with Crippen molar-refractivity contribution in [1.29, 1.82) is 0 Å². The van der Waals surface area contributed by atoms with E-state index in [2.05, 4.69) is 32.1 Å². The SMILES string of the molecule is O=C(O)[C@@H]1CC2CCCC(C2)[C@H]1Nc1cc(C#Cc2ccccc2)nc(-c2c[nH]c3ncncc23)n1. The number of nitrogens with one attached hydrogen (secondary N) is 2. The van der Waals surface area contributed by atoms with Crippen molar-refractivity contribution in [2.75, 3.05) is 5.32 Å². The number of H-pyrrole nitrogens is 1. The maximum atomic E-state index is 12.2. The van der Waals surface area contributed by atoms with Crippen LogP contribution >= 0.6 is 0 Å². The van der Waals surface area contributed by atoms with Crippen molar-refractivity contribution in [2.24, 2.45) is 17.8 Å². The Bertz CT molecular complexity index is 1470. The first-order valence-electron chi connectivity index (χ1n) is 12.4. The number of anilines is 1. The molecule has 2 saturated carbocycles. The lowest BCUT2D eigenvalue weighted by molar-refractivity contribution is -0.145. The zero-order chi connectivity index (χ0) is 24.5. The minimum absolute atomic E-state index is 0.178. The van der Waals surface area contributed by atoms with Crippen LogP contribution in [0.25, 0.3) is 22.4 Å². The number of fused-ring (bicyclic) bond motifs is 3. The molecule has 2 aliphatic carbocycles. The van der Waals surface area contributed by atoms with Crippen molar-refractivity contribution < 1.29 is 9.90 Å². The van der Waals surface area contributed by atoms with Gasteiger partial charge < -0.3 is 15.4 Å². The fourth-order valence-corrected chi connectivity index (χ4v) is 5.76. The third-order valence-electron chi connectivity index (χ3n) is 7.42. The zero-order valence-corrected chi connectivity index (χ0v) is 19.7. The Morgan fingerprint density at radius 3 is 2.86 bits per heavy atom. The number of nitrogens with zero attached hydrogens (tertiary/aromatic N) is 4. The summed E-state index contributed by atoms with van der Waals surface area (Å²) in [7, 11) is 0. The molecule has 0 saturated heterocycles. The second kappa shape index (κ2) is 9.42. The minimum Gasteiger partial charge on any atom is -0.481 e. The summed E-state index contributed by atoms with van der Waals surface area (Å²) >= 11 is 0. The van der Waals surface area contributed by atoms with E-state index < -0.39 is 11.9 Å². The predicted molar refractivity (Wildman–Crippen MR) is 136 cm³/mol. The smallest absolute Gasteiger partial charge is 0.308 e. The molecule has 3 N–H and O–H groups in total. The largest absolute Gasteiger partial charge is 0.481 e. The number of hydrogen-bond acceptors (Lipinski definition) is 6. The molecule has 180 valence electrons. The second-order valence-corrected chi connectivity index (χ2v) is 9.71. The van der Waals surface area contributed by atoms with Crippen molar-refractivity contribution in [1.82, 2.24) is 24.9 Å². The molecule has 6 rings (SSSR count). The zero-order valence-electron chi connectivity index (χ0n) is 19.7. The molecule has 0 spiro atoms. The van der Waals surface area contributed by atoms with Crippen molar-refractivity contribution in [3.63, 3.8) is 0 Å². The molecule has 2 bridgehead atoms. The van der Waals surface area contributed by atoms with Gasteiger partial charge in [0, 0.05) is 41.0 Å². The Balaban J connectivity index is 1.41. The lowest BCUT2D eigenvalue weighted by atomic mass is 9.65. The van der Waals surface area contributed by atoms with Gasteiger partial charge in [-0.05, 0) is 49.2 Å². The summed E-state index contributed by atoms with van der Waals surface area (Å²) < 4.78 is 0. The van der Waals surface area contributed by atoms with Gasteiger partial charge in [0.15, 0.2) is 5.82 Å². The monoisotopic (exact) mass is 478 g/mol. The molecule has 4 atom stereocenters. The standard InChI is InChI=1S/C28H26N6O2/c35-28(36)21-12-18-7-4-8-19(11-18)25(21)33-24-13-20(10-9-17-5-2-1-3-6-17)32-27(34-24)23-15-30-26-22(23)14-29-16-31-26/h1-3,5-6,13-16,18-19,21,25H,4,7-8,11-12H2,(H,35,36)(H,29,30,31)(H,32,33,34)/t18?,19?,21-,25-/m1/s1. The van der Waals surface area contributed by atoms with E-state index in [0.717, 1.165) is 42.2 Å². The fourth-order valence-electron chi connectivity index (χ4n) is 5.76. The molecule has 2 unspecified atom stereocenters. The predicted octanol–water partition coefficient (Wildman–Crippen LogP) is 4.51. The van der Waals surface area contributed by atoms with Crippen LogP contribution in [0, 0.1) is 29.6 Å². The molecule has 3 aromatic heterocycles. The highest BCUT2D eigenvalue weighted by Crippen LogP contribution is 2.44. The van der Waals surface area contributed by atoms with Crippen molar-refractivity contribution >= 4 is 22.8 Å². The fraction of sp³-hybridized carbons (Fsp3) is 0.321. The molecule has 3 heterocycles. The highest BCUT2D eigenvalue weighted by Gasteiger charge is 2.43. The number of hydrogen-bond donors (Lipinski definition) is 3. The number of aromatic nitrogens is 5. The normalized spacial score (nSPS) is 23.0. The molecular weight excluding hydrogens is 452 g/mol. The molecule has 36 heavy (non-hydrogen) atoms. The minimum atomic E-state index is -0.740. The lowest BCUT2D eigenvalue weighted by Crippen LogP contribution is -2.47. The van der Waals surface area contributed by atoms with Gasteiger partial charge in [-0.1, -0.05) is 37.0 Å². The van der Waals surface area contributed by atoms with E-state index in [9.17, 15) is 9.90 Å². The highest BCUT2D eigenvalue weighted by atomic mass is 16.4. The Morgan fingerprint density at radius 2 is 2.00 bits per heavy atom. The number of carbonyl (C=O) groups is 1. The van der Waals surface area contributed by atoms with Crippen LogP contribution in [0.3, 0.4) is 0 Å². The number of aliphatic carboxylic acids is 1. The summed E-state index contributed by atoms with van der Waals surface area (Å²) in [5.74, 6) is 7.05. The molecule has 4 aromatic rings. The quantitative estimate of drug-likeness (QED) is 0.370. The first kappa shape index (κ1) is 22.2. The third kappa shape index (κ3) is 4.40. The van der Waals surface area contributed by atoms with Gasteiger partial charge in [0.1, 0.15) is 23.5 Å². The van der Waals surface area contributed by atoms with Gasteiger partial charge in [-0.3, -0.25) is 4.79 Å². The van der Waals surface area contributed by atoms with Crippen LogP contribution in [0.15, 0.2) is 55.1 Å². The number of carboxylic acid groups (broad SMARTS) is 1. The van der Waals surface area contributed by atoms with E-state index in [1.54, 1.807) is 6.20 Å². The molecule has 0 radical (unpaired) electrons. The van der Waals surface area contributed by atoms with Crippen LogP contribution in [-0.2, 0) is 4.79 Å². The molecule has 0 amide bonds. The van der Waals surface area contributed by atoms with Crippen LogP contribution in [0.4, 0.5) is 5.82 Å². The van der Waals surface area contributed by atoms with E-state index in [1.165, 1.54) is 6.33 Å². The van der Waals surface area contributed by atoms with Gasteiger partial charge in [0.2, 0.25) is 0 Å². The summed E-state index contributed by atoms with van der Waals surface area (Å²) in [4.78, 5) is 33.3. The van der Waals surface area contributed by atoms with Crippen molar-refractivity contribution in [3.8, 4) is 23.2 Å². The summed E-state index contributed by atoms with van der Waals surface area (Å²) in [6.45, 7) is 0. The molecule has 8 heteroatoms. The molecule has 8 nitrogen and oxygen atoms in total. The number of benzene rings is 1. The topological polar surface area (TPSA) is 117 Å². The van der Waals surface area contributed by atoms with Gasteiger partial charge in [-0.2, -0.15) is 0 Å². The van der Waals surface area contributed by atoms with E-state index in [4.69, 9.17) is 9.97 Å². The first-order chi connectivity index (χ1) is 17.6. The van der Waals surface area contributed by atoms with E-state index in [1.807, 2.05) is 42.6 Å². The van der Waals surface area contributed by atoms with Gasteiger partial charge in [-0.25, -0.2) is 19.9 Å². The lowest BCUT2D eigenvalue weighted by Gasteiger charge is -2.44. The summed E-state index contributed by atoms with van der Waals surface area (Å²) in [5, 5.41) is 14.3. The van der Waals surface area contributed by atoms with Gasteiger partial charge in [-0.15, -0.1) is 0 Å². The third-order valence-corrected chi connectivity index (χ3v) is 7.42. The maximum absolute atomic E-state index is 12.2. The molecular formula is C28H26N6O2. The Morgan fingerprint density at radius 1 is 1.11 bits per heavy atom. The molecule has 2 aliphatic rings. The first-order valence-corrected chi connectivity index (χ1v) is 12.4. The molecule has 2 fully saturated rings. The Kier molecular flexibility index (Phi) is 5.82. The average Bonchev–Trinajstić information content (AvgIpc) is 3.34. The van der Waals surface area contributed by atoms with Gasteiger partial charge >= 0.3 is 5.97 Å². The van der Waals surface area contributed by atoms with E-state index in [-0.39, 0.29) is 6.04 Å². The van der Waals surface area contributed by atoms with Crippen molar-refractivity contribution in [3.05, 3.63) is 66.4 Å². The number of aromatic amines is 1. The van der Waals surface area contributed by atoms with E-state index in [0.29, 0.717) is 41.2 Å². The molecule has 0 aliphatic heterocycles. The van der Waals surface area contributed by atoms with Crippen LogP contribution in [0.5, 0.6) is 0 Å². The van der Waals surface area contributed by atoms with Crippen molar-refractivity contribution in [2.45, 2.75) is 38.1 Å². The van der Waals surface area contributed by atoms with Crippen LogP contribution in [-0.4, -0.2) is 42.0 Å². The summed E-state index contributed by atoms with van der Waals surface area (Å²) in [5.41, 5.74) is 2.92. The van der Waals surface area contributed by atoms with E-state index >= 15 is 0 Å². The maximum Gasteiger partial charge on any atom is 0.308 e. The highest BCUT2D eigenvalue weighted by molar-refractivity contribution is 5.91. The number of carboxylic acids is 1. The summed E-state index contributed by atoms with van der Waals surface area (Å²) in [6, 6.07) is 11.4. The Hall–Kier alpha value is -4.25. The number of rotatable bonds is 4. The average molecular weight is 479 g/mol. The Labute approximate surface area is 208 Å².